The lowest BCUT2D eigenvalue weighted by molar-refractivity contribution is 0.0600. The monoisotopic (exact) mass is 418 g/mol. The number of benzene rings is 2. The van der Waals surface area contributed by atoms with Crippen LogP contribution in [0.25, 0.3) is 5.69 Å². The van der Waals surface area contributed by atoms with Crippen molar-refractivity contribution in [3.63, 3.8) is 0 Å². The van der Waals surface area contributed by atoms with Crippen molar-refractivity contribution in [2.24, 2.45) is 5.10 Å². The summed E-state index contributed by atoms with van der Waals surface area (Å²) >= 11 is 0. The number of hydrogen-bond acceptors (Lipinski definition) is 4. The summed E-state index contributed by atoms with van der Waals surface area (Å²) in [5, 5.41) is 6.86. The molecule has 160 valence electrons. The molecule has 3 rings (SSSR count). The number of para-hydroxylation sites is 1. The van der Waals surface area contributed by atoms with Crippen LogP contribution in [0.5, 0.6) is 0 Å². The van der Waals surface area contributed by atoms with E-state index in [1.165, 1.54) is 7.11 Å². The van der Waals surface area contributed by atoms with Gasteiger partial charge in [0.15, 0.2) is 0 Å². The maximum atomic E-state index is 12.1. The van der Waals surface area contributed by atoms with Crippen LogP contribution in [0.15, 0.2) is 53.6 Å². The predicted octanol–water partition coefficient (Wildman–Crippen LogP) is 4.65. The summed E-state index contributed by atoms with van der Waals surface area (Å²) in [5.41, 5.74) is 9.49. The second kappa shape index (κ2) is 9.30. The van der Waals surface area contributed by atoms with Crippen LogP contribution in [0.3, 0.4) is 0 Å². The number of aryl methyl sites for hydroxylation is 3. The van der Waals surface area contributed by atoms with Crippen LogP contribution in [0.1, 0.15) is 38.4 Å². The molecule has 1 heterocycles. The van der Waals surface area contributed by atoms with Gasteiger partial charge in [-0.05, 0) is 69.2 Å². The molecule has 0 spiro atoms. The Kier molecular flexibility index (Phi) is 6.55. The van der Waals surface area contributed by atoms with Crippen LogP contribution in [0, 0.1) is 27.7 Å². The van der Waals surface area contributed by atoms with Crippen molar-refractivity contribution >= 4 is 23.9 Å². The van der Waals surface area contributed by atoms with Gasteiger partial charge in [0.1, 0.15) is 0 Å². The lowest BCUT2D eigenvalue weighted by atomic mass is 10.1. The molecule has 0 saturated carbocycles. The maximum absolute atomic E-state index is 12.1. The van der Waals surface area contributed by atoms with Crippen molar-refractivity contribution in [1.82, 2.24) is 9.99 Å². The fourth-order valence-electron chi connectivity index (χ4n) is 3.46. The van der Waals surface area contributed by atoms with Gasteiger partial charge < -0.3 is 14.6 Å². The second-order valence-corrected chi connectivity index (χ2v) is 7.29. The summed E-state index contributed by atoms with van der Waals surface area (Å²) in [6.45, 7) is 7.85. The highest BCUT2D eigenvalue weighted by atomic mass is 16.5. The van der Waals surface area contributed by atoms with Gasteiger partial charge in [-0.2, -0.15) is 5.10 Å². The molecule has 0 fully saturated rings. The summed E-state index contributed by atoms with van der Waals surface area (Å²) in [4.78, 5) is 23.9. The highest BCUT2D eigenvalue weighted by Crippen LogP contribution is 2.23. The Labute approximate surface area is 181 Å². The van der Waals surface area contributed by atoms with Gasteiger partial charge in [0.2, 0.25) is 0 Å². The maximum Gasteiger partial charge on any atom is 0.339 e. The first-order chi connectivity index (χ1) is 14.8. The van der Waals surface area contributed by atoms with Crippen LogP contribution in [-0.2, 0) is 4.74 Å². The smallest absolute Gasteiger partial charge is 0.339 e. The molecule has 31 heavy (non-hydrogen) atoms. The molecular weight excluding hydrogens is 392 g/mol. The molecule has 2 amide bonds. The zero-order chi connectivity index (χ0) is 22.5. The van der Waals surface area contributed by atoms with E-state index in [1.54, 1.807) is 12.3 Å². The number of esters is 1. The van der Waals surface area contributed by atoms with Crippen LogP contribution >= 0.6 is 0 Å². The van der Waals surface area contributed by atoms with Crippen molar-refractivity contribution in [1.29, 1.82) is 0 Å². The minimum atomic E-state index is -0.409. The third-order valence-electron chi connectivity index (χ3n) is 5.09. The van der Waals surface area contributed by atoms with E-state index in [9.17, 15) is 9.59 Å². The second-order valence-electron chi connectivity index (χ2n) is 7.29. The van der Waals surface area contributed by atoms with Crippen LogP contribution in [0.4, 0.5) is 10.5 Å². The molecule has 1 aromatic heterocycles. The van der Waals surface area contributed by atoms with Crippen molar-refractivity contribution in [3.05, 3.63) is 82.2 Å². The SMILES string of the molecule is COC(=O)c1ccc(-n2c(C)cc(C=NNC(=O)Nc3ccccc3C)c2C)c(C)c1. The van der Waals surface area contributed by atoms with Gasteiger partial charge in [0.05, 0.1) is 18.9 Å². The Hall–Kier alpha value is -3.87. The first-order valence-corrected chi connectivity index (χ1v) is 9.85. The zero-order valence-corrected chi connectivity index (χ0v) is 18.3. The average molecular weight is 418 g/mol. The molecule has 0 aliphatic carbocycles. The minimum absolute atomic E-state index is 0.363. The summed E-state index contributed by atoms with van der Waals surface area (Å²) in [6.07, 6.45) is 1.62. The van der Waals surface area contributed by atoms with Gasteiger partial charge in [-0.3, -0.25) is 0 Å². The number of nitrogens with one attached hydrogen (secondary N) is 2. The van der Waals surface area contributed by atoms with Crippen molar-refractivity contribution in [3.8, 4) is 5.69 Å². The fourth-order valence-corrected chi connectivity index (χ4v) is 3.46. The molecule has 0 bridgehead atoms. The Morgan fingerprint density at radius 3 is 2.42 bits per heavy atom. The van der Waals surface area contributed by atoms with Crippen LogP contribution in [-0.4, -0.2) is 29.9 Å². The highest BCUT2D eigenvalue weighted by Gasteiger charge is 2.14. The number of aromatic nitrogens is 1. The van der Waals surface area contributed by atoms with E-state index >= 15 is 0 Å². The van der Waals surface area contributed by atoms with E-state index in [-0.39, 0.29) is 5.97 Å². The van der Waals surface area contributed by atoms with Crippen LogP contribution < -0.4 is 10.7 Å². The Bertz CT molecular complexity index is 1160. The van der Waals surface area contributed by atoms with E-state index in [2.05, 4.69) is 20.4 Å². The number of amides is 2. The molecule has 7 nitrogen and oxygen atoms in total. The van der Waals surface area contributed by atoms with Gasteiger partial charge in [-0.1, -0.05) is 18.2 Å². The molecule has 3 aromatic rings. The number of urea groups is 1. The van der Waals surface area contributed by atoms with Crippen molar-refractivity contribution in [2.45, 2.75) is 27.7 Å². The molecule has 2 N–H and O–H groups in total. The van der Waals surface area contributed by atoms with E-state index in [0.29, 0.717) is 5.56 Å². The van der Waals surface area contributed by atoms with Crippen molar-refractivity contribution < 1.29 is 14.3 Å². The Balaban J connectivity index is 1.76. The zero-order valence-electron chi connectivity index (χ0n) is 18.3. The number of anilines is 1. The molecule has 0 unspecified atom stereocenters. The van der Waals surface area contributed by atoms with E-state index < -0.39 is 6.03 Å². The van der Waals surface area contributed by atoms with Gasteiger partial charge in [0.25, 0.3) is 0 Å². The standard InChI is InChI=1S/C24H26N4O3/c1-15-8-6-7-9-21(15)26-24(30)27-25-14-20-13-17(3)28(18(20)4)22-11-10-19(12-16(22)2)23(29)31-5/h6-14H,1-5H3,(H2,26,27,30). The first kappa shape index (κ1) is 21.8. The van der Waals surface area contributed by atoms with Crippen molar-refractivity contribution in [2.75, 3.05) is 12.4 Å². The van der Waals surface area contributed by atoms with Gasteiger partial charge in [-0.15, -0.1) is 0 Å². The quantitative estimate of drug-likeness (QED) is 0.359. The summed E-state index contributed by atoms with van der Waals surface area (Å²) in [7, 11) is 1.37. The third kappa shape index (κ3) is 4.83. The first-order valence-electron chi connectivity index (χ1n) is 9.85. The number of hydrazone groups is 1. The average Bonchev–Trinajstić information content (AvgIpc) is 3.02. The molecule has 7 heteroatoms. The number of carbonyl (C=O) groups is 2. The topological polar surface area (TPSA) is 84.7 Å². The van der Waals surface area contributed by atoms with E-state index in [4.69, 9.17) is 4.74 Å². The van der Waals surface area contributed by atoms with E-state index in [0.717, 1.165) is 39.5 Å². The third-order valence-corrected chi connectivity index (χ3v) is 5.09. The number of carbonyl (C=O) groups excluding carboxylic acids is 2. The number of rotatable bonds is 5. The molecule has 0 atom stereocenters. The Morgan fingerprint density at radius 1 is 1.00 bits per heavy atom. The molecule has 0 saturated heterocycles. The summed E-state index contributed by atoms with van der Waals surface area (Å²) in [5.74, 6) is -0.363. The molecule has 0 aliphatic heterocycles. The van der Waals surface area contributed by atoms with E-state index in [1.807, 2.05) is 70.2 Å². The molecular formula is C24H26N4O3. The number of nitrogens with zero attached hydrogens (tertiary/aromatic N) is 2. The largest absolute Gasteiger partial charge is 0.465 e. The Morgan fingerprint density at radius 2 is 1.74 bits per heavy atom. The predicted molar refractivity (Wildman–Crippen MR) is 122 cm³/mol. The molecule has 0 radical (unpaired) electrons. The number of methoxy groups -OCH3 is 1. The van der Waals surface area contributed by atoms with Gasteiger partial charge in [-0.25, -0.2) is 15.0 Å². The van der Waals surface area contributed by atoms with Gasteiger partial charge >= 0.3 is 12.0 Å². The summed E-state index contributed by atoms with van der Waals surface area (Å²) in [6, 6.07) is 14.6. The minimum Gasteiger partial charge on any atom is -0.465 e. The number of hydrogen-bond donors (Lipinski definition) is 2. The highest BCUT2D eigenvalue weighted by molar-refractivity contribution is 5.91. The fraction of sp³-hybridized carbons (Fsp3) is 0.208. The lowest BCUT2D eigenvalue weighted by Gasteiger charge is -2.13. The normalized spacial score (nSPS) is 10.9. The summed E-state index contributed by atoms with van der Waals surface area (Å²) < 4.78 is 6.88. The molecule has 2 aromatic carbocycles. The lowest BCUT2D eigenvalue weighted by Crippen LogP contribution is -2.24. The van der Waals surface area contributed by atoms with Crippen LogP contribution in [0.2, 0.25) is 0 Å². The molecule has 0 aliphatic rings. The number of ether oxygens (including phenoxy) is 1. The van der Waals surface area contributed by atoms with Gasteiger partial charge in [0, 0.05) is 28.3 Å².